The van der Waals surface area contributed by atoms with E-state index in [2.05, 4.69) is 17.9 Å². The van der Waals surface area contributed by atoms with Crippen LogP contribution >= 0.6 is 11.3 Å². The number of rotatable bonds is 5. The summed E-state index contributed by atoms with van der Waals surface area (Å²) in [5, 5.41) is 8.60. The van der Waals surface area contributed by atoms with E-state index >= 15 is 0 Å². The molecule has 0 radical (unpaired) electrons. The molecule has 0 saturated carbocycles. The summed E-state index contributed by atoms with van der Waals surface area (Å²) >= 11 is 1.68. The van der Waals surface area contributed by atoms with E-state index in [1.165, 1.54) is 43.3 Å². The molecule has 0 aliphatic carbocycles. The average molecular weight is 279 g/mol. The molecule has 3 nitrogen and oxygen atoms in total. The molecule has 1 fully saturated rings. The first-order chi connectivity index (χ1) is 9.17. The molecule has 0 amide bonds. The molecule has 0 spiro atoms. The van der Waals surface area contributed by atoms with Crippen LogP contribution < -0.4 is 0 Å². The number of hydrogen-bond acceptors (Lipinski definition) is 3. The second kappa shape index (κ2) is 6.87. The Bertz CT molecular complexity index is 445. The van der Waals surface area contributed by atoms with Gasteiger partial charge < -0.3 is 5.11 Å². The number of hydrogen-bond donors (Lipinski definition) is 1. The van der Waals surface area contributed by atoms with Crippen molar-refractivity contribution >= 4 is 23.4 Å². The van der Waals surface area contributed by atoms with Crippen LogP contribution in [0.1, 0.15) is 35.9 Å². The molecule has 0 bridgehead atoms. The van der Waals surface area contributed by atoms with E-state index in [1.807, 2.05) is 6.07 Å². The van der Waals surface area contributed by atoms with Gasteiger partial charge in [-0.05, 0) is 50.1 Å². The third-order valence-corrected chi connectivity index (χ3v) is 4.77. The van der Waals surface area contributed by atoms with Crippen molar-refractivity contribution in [2.24, 2.45) is 5.92 Å². The smallest absolute Gasteiger partial charge is 0.328 e. The molecule has 19 heavy (non-hydrogen) atoms. The molecule has 1 N–H and O–H groups in total. The van der Waals surface area contributed by atoms with Gasteiger partial charge in [-0.25, -0.2) is 4.79 Å². The molecule has 2 heterocycles. The van der Waals surface area contributed by atoms with E-state index in [1.54, 1.807) is 17.4 Å². The van der Waals surface area contributed by atoms with Crippen LogP contribution in [0.2, 0.25) is 0 Å². The molecule has 1 saturated heterocycles. The third kappa shape index (κ3) is 4.48. The first kappa shape index (κ1) is 14.3. The van der Waals surface area contributed by atoms with Gasteiger partial charge in [0.25, 0.3) is 0 Å². The summed E-state index contributed by atoms with van der Waals surface area (Å²) in [5.74, 6) is 0.0187. The van der Waals surface area contributed by atoms with Crippen LogP contribution in [0.4, 0.5) is 0 Å². The van der Waals surface area contributed by atoms with Crippen LogP contribution in [0, 0.1) is 5.92 Å². The average Bonchev–Trinajstić information content (AvgIpc) is 2.85. The molecule has 2 rings (SSSR count). The molecule has 1 aromatic rings. The third-order valence-electron chi connectivity index (χ3n) is 3.74. The standard InChI is InChI=1S/C15H21NO2S/c1-2-12-7-9-16(10-8-12)11-14-4-3-13(19-14)5-6-15(17)18/h3-6,12H,2,7-11H2,1H3,(H,17,18)/b6-5+. The highest BCUT2D eigenvalue weighted by molar-refractivity contribution is 7.12. The summed E-state index contributed by atoms with van der Waals surface area (Å²) in [5.41, 5.74) is 0. The van der Waals surface area contributed by atoms with Crippen molar-refractivity contribution < 1.29 is 9.90 Å². The Labute approximate surface area is 118 Å². The van der Waals surface area contributed by atoms with Gasteiger partial charge in [-0.3, -0.25) is 4.90 Å². The number of nitrogens with zero attached hydrogens (tertiary/aromatic N) is 1. The van der Waals surface area contributed by atoms with E-state index < -0.39 is 5.97 Å². The number of piperidine rings is 1. The number of carbonyl (C=O) groups is 1. The van der Waals surface area contributed by atoms with Gasteiger partial charge in [0.1, 0.15) is 0 Å². The van der Waals surface area contributed by atoms with Crippen molar-refractivity contribution in [2.45, 2.75) is 32.7 Å². The number of likely N-dealkylation sites (tertiary alicyclic amines) is 1. The minimum absolute atomic E-state index is 0.892. The van der Waals surface area contributed by atoms with Gasteiger partial charge >= 0.3 is 5.97 Å². The van der Waals surface area contributed by atoms with Crippen LogP contribution in [-0.2, 0) is 11.3 Å². The van der Waals surface area contributed by atoms with Gasteiger partial charge in [0.15, 0.2) is 0 Å². The van der Waals surface area contributed by atoms with Crippen molar-refractivity contribution in [3.05, 3.63) is 28.0 Å². The summed E-state index contributed by atoms with van der Waals surface area (Å²) < 4.78 is 0. The lowest BCUT2D eigenvalue weighted by Gasteiger charge is -2.31. The first-order valence-electron chi connectivity index (χ1n) is 6.89. The number of carboxylic acids is 1. The van der Waals surface area contributed by atoms with Crippen LogP contribution in [0.15, 0.2) is 18.2 Å². The van der Waals surface area contributed by atoms with Gasteiger partial charge in [0.05, 0.1) is 0 Å². The zero-order valence-electron chi connectivity index (χ0n) is 11.3. The maximum atomic E-state index is 10.5. The predicted octanol–water partition coefficient (Wildman–Crippen LogP) is 3.47. The Morgan fingerprint density at radius 2 is 2.21 bits per heavy atom. The molecular weight excluding hydrogens is 258 g/mol. The quantitative estimate of drug-likeness (QED) is 0.839. The van der Waals surface area contributed by atoms with Crippen molar-refractivity contribution in [3.8, 4) is 0 Å². The number of thiophene rings is 1. The van der Waals surface area contributed by atoms with Crippen LogP contribution in [0.25, 0.3) is 6.08 Å². The SMILES string of the molecule is CCC1CCN(Cc2ccc(/C=C/C(=O)O)s2)CC1. The maximum absolute atomic E-state index is 10.5. The molecule has 1 aliphatic rings. The molecule has 0 atom stereocenters. The lowest BCUT2D eigenvalue weighted by Crippen LogP contribution is -2.32. The second-order valence-corrected chi connectivity index (χ2v) is 6.30. The van der Waals surface area contributed by atoms with Gasteiger partial charge in [-0.2, -0.15) is 0 Å². The van der Waals surface area contributed by atoms with Crippen LogP contribution in [-0.4, -0.2) is 29.1 Å². The Morgan fingerprint density at radius 1 is 1.47 bits per heavy atom. The first-order valence-corrected chi connectivity index (χ1v) is 7.71. The number of aliphatic carboxylic acids is 1. The largest absolute Gasteiger partial charge is 0.478 e. The van der Waals surface area contributed by atoms with Crippen LogP contribution in [0.5, 0.6) is 0 Å². The Hall–Kier alpha value is -1.13. The Morgan fingerprint density at radius 3 is 2.84 bits per heavy atom. The van der Waals surface area contributed by atoms with Gasteiger partial charge in [0, 0.05) is 22.4 Å². The zero-order chi connectivity index (χ0) is 13.7. The number of carboxylic acid groups (broad SMARTS) is 1. The fourth-order valence-electron chi connectivity index (χ4n) is 2.50. The normalized spacial score (nSPS) is 18.2. The summed E-state index contributed by atoms with van der Waals surface area (Å²) in [6.07, 6.45) is 6.79. The van der Waals surface area contributed by atoms with Crippen molar-refractivity contribution in [1.29, 1.82) is 0 Å². The van der Waals surface area contributed by atoms with Gasteiger partial charge in [-0.15, -0.1) is 11.3 Å². The highest BCUT2D eigenvalue weighted by Crippen LogP contribution is 2.24. The molecular formula is C15H21NO2S. The van der Waals surface area contributed by atoms with Crippen molar-refractivity contribution in [2.75, 3.05) is 13.1 Å². The molecule has 1 aromatic heterocycles. The van der Waals surface area contributed by atoms with E-state index in [0.29, 0.717) is 0 Å². The predicted molar refractivity (Wildman–Crippen MR) is 79.3 cm³/mol. The van der Waals surface area contributed by atoms with Crippen LogP contribution in [0.3, 0.4) is 0 Å². The highest BCUT2D eigenvalue weighted by atomic mass is 32.1. The molecule has 4 heteroatoms. The molecule has 104 valence electrons. The van der Waals surface area contributed by atoms with Crippen molar-refractivity contribution in [1.82, 2.24) is 4.90 Å². The molecule has 1 aliphatic heterocycles. The Balaban J connectivity index is 1.85. The van der Waals surface area contributed by atoms with Gasteiger partial charge in [0.2, 0.25) is 0 Å². The lowest BCUT2D eigenvalue weighted by atomic mass is 9.94. The topological polar surface area (TPSA) is 40.5 Å². The molecule has 0 aromatic carbocycles. The minimum Gasteiger partial charge on any atom is -0.478 e. The Kier molecular flexibility index (Phi) is 5.16. The fourth-order valence-corrected chi connectivity index (χ4v) is 3.45. The van der Waals surface area contributed by atoms with E-state index in [4.69, 9.17) is 5.11 Å². The summed E-state index contributed by atoms with van der Waals surface area (Å²) in [4.78, 5) is 15.3. The van der Waals surface area contributed by atoms with Gasteiger partial charge in [-0.1, -0.05) is 13.3 Å². The highest BCUT2D eigenvalue weighted by Gasteiger charge is 2.17. The van der Waals surface area contributed by atoms with E-state index in [0.717, 1.165) is 17.3 Å². The summed E-state index contributed by atoms with van der Waals surface area (Å²) in [7, 11) is 0. The summed E-state index contributed by atoms with van der Waals surface area (Å²) in [6.45, 7) is 5.66. The second-order valence-electron chi connectivity index (χ2n) is 5.10. The lowest BCUT2D eigenvalue weighted by molar-refractivity contribution is -0.131. The van der Waals surface area contributed by atoms with E-state index in [-0.39, 0.29) is 0 Å². The molecule has 0 unspecified atom stereocenters. The summed E-state index contributed by atoms with van der Waals surface area (Å²) in [6, 6.07) is 4.11. The van der Waals surface area contributed by atoms with Crippen molar-refractivity contribution in [3.63, 3.8) is 0 Å². The van der Waals surface area contributed by atoms with E-state index in [9.17, 15) is 4.79 Å². The monoisotopic (exact) mass is 279 g/mol. The minimum atomic E-state index is -0.892. The maximum Gasteiger partial charge on any atom is 0.328 e. The fraction of sp³-hybridized carbons (Fsp3) is 0.533. The zero-order valence-corrected chi connectivity index (χ0v) is 12.2.